The summed E-state index contributed by atoms with van der Waals surface area (Å²) in [6, 6.07) is 3.22. The average Bonchev–Trinajstić information content (AvgIpc) is 2.94. The Labute approximate surface area is 121 Å². The fourth-order valence-electron chi connectivity index (χ4n) is 4.74. The first kappa shape index (κ1) is 12.9. The van der Waals surface area contributed by atoms with Crippen molar-refractivity contribution in [2.24, 2.45) is 11.3 Å². The van der Waals surface area contributed by atoms with Crippen molar-refractivity contribution in [3.63, 3.8) is 0 Å². The van der Waals surface area contributed by atoms with Crippen LogP contribution in [0.4, 0.5) is 0 Å². The van der Waals surface area contributed by atoms with Gasteiger partial charge in [0, 0.05) is 42.0 Å². The molecule has 4 atom stereocenters. The standard InChI is InChI=1S/C17H25NO2/c1-17(2)15(12-5-4-9-20-16(12)17)18-13-6-3-7-14-11(13)8-10-19-14/h8,10,12-13,15-16,18H,3-7,9H2,1-2H3. The van der Waals surface area contributed by atoms with Crippen LogP contribution in [0.3, 0.4) is 0 Å². The van der Waals surface area contributed by atoms with Gasteiger partial charge in [-0.1, -0.05) is 13.8 Å². The van der Waals surface area contributed by atoms with E-state index in [4.69, 9.17) is 9.15 Å². The van der Waals surface area contributed by atoms with Crippen molar-refractivity contribution in [2.75, 3.05) is 6.61 Å². The number of hydrogen-bond donors (Lipinski definition) is 1. The first-order valence-corrected chi connectivity index (χ1v) is 8.12. The number of ether oxygens (including phenoxy) is 1. The van der Waals surface area contributed by atoms with Gasteiger partial charge in [0.2, 0.25) is 0 Å². The molecule has 3 nitrogen and oxygen atoms in total. The molecule has 0 bridgehead atoms. The zero-order valence-corrected chi connectivity index (χ0v) is 12.5. The summed E-state index contributed by atoms with van der Waals surface area (Å²) in [5.74, 6) is 1.90. The van der Waals surface area contributed by atoms with Gasteiger partial charge >= 0.3 is 0 Å². The van der Waals surface area contributed by atoms with Gasteiger partial charge < -0.3 is 14.5 Å². The molecule has 0 spiro atoms. The second-order valence-electron chi connectivity index (χ2n) is 7.31. The first-order valence-electron chi connectivity index (χ1n) is 8.12. The van der Waals surface area contributed by atoms with E-state index in [1.165, 1.54) is 37.0 Å². The van der Waals surface area contributed by atoms with E-state index < -0.39 is 0 Å². The number of fused-ring (bicyclic) bond motifs is 2. The topological polar surface area (TPSA) is 34.4 Å². The minimum Gasteiger partial charge on any atom is -0.469 e. The Balaban J connectivity index is 1.53. The molecule has 2 heterocycles. The van der Waals surface area contributed by atoms with Crippen LogP contribution in [0.25, 0.3) is 0 Å². The lowest BCUT2D eigenvalue weighted by atomic mass is 9.55. The molecule has 2 fully saturated rings. The molecule has 0 aromatic carbocycles. The van der Waals surface area contributed by atoms with Gasteiger partial charge in [0.1, 0.15) is 5.76 Å². The Morgan fingerprint density at radius 1 is 1.25 bits per heavy atom. The average molecular weight is 275 g/mol. The van der Waals surface area contributed by atoms with Gasteiger partial charge in [0.15, 0.2) is 0 Å². The molecule has 2 aliphatic carbocycles. The molecule has 4 unspecified atom stereocenters. The maximum Gasteiger partial charge on any atom is 0.108 e. The van der Waals surface area contributed by atoms with E-state index in [0.717, 1.165) is 13.0 Å². The van der Waals surface area contributed by atoms with E-state index in [-0.39, 0.29) is 5.41 Å². The monoisotopic (exact) mass is 275 g/mol. The van der Waals surface area contributed by atoms with Crippen LogP contribution in [0.5, 0.6) is 0 Å². The lowest BCUT2D eigenvalue weighted by Gasteiger charge is -2.61. The lowest BCUT2D eigenvalue weighted by molar-refractivity contribution is -0.194. The molecule has 3 heteroatoms. The van der Waals surface area contributed by atoms with Crippen molar-refractivity contribution in [2.45, 2.75) is 64.1 Å². The van der Waals surface area contributed by atoms with Gasteiger partial charge in [-0.3, -0.25) is 0 Å². The Hall–Kier alpha value is -0.800. The maximum absolute atomic E-state index is 6.01. The van der Waals surface area contributed by atoms with E-state index in [1.807, 2.05) is 6.26 Å². The molecule has 1 aromatic rings. The molecular formula is C17H25NO2. The van der Waals surface area contributed by atoms with Crippen molar-refractivity contribution in [1.82, 2.24) is 5.32 Å². The van der Waals surface area contributed by atoms with Crippen LogP contribution in [-0.4, -0.2) is 18.8 Å². The molecule has 1 aromatic heterocycles. The van der Waals surface area contributed by atoms with Crippen molar-refractivity contribution < 1.29 is 9.15 Å². The minimum atomic E-state index is 0.256. The van der Waals surface area contributed by atoms with Gasteiger partial charge in [-0.2, -0.15) is 0 Å². The van der Waals surface area contributed by atoms with Crippen LogP contribution in [-0.2, 0) is 11.2 Å². The van der Waals surface area contributed by atoms with Crippen molar-refractivity contribution >= 4 is 0 Å². The van der Waals surface area contributed by atoms with Crippen molar-refractivity contribution in [3.05, 3.63) is 23.7 Å². The molecule has 0 amide bonds. The molecule has 1 N–H and O–H groups in total. The number of rotatable bonds is 2. The Morgan fingerprint density at radius 3 is 3.05 bits per heavy atom. The summed E-state index contributed by atoms with van der Waals surface area (Å²) in [7, 11) is 0. The summed E-state index contributed by atoms with van der Waals surface area (Å²) >= 11 is 0. The van der Waals surface area contributed by atoms with E-state index >= 15 is 0 Å². The van der Waals surface area contributed by atoms with Gasteiger partial charge in [-0.05, 0) is 31.7 Å². The highest BCUT2D eigenvalue weighted by Crippen LogP contribution is 2.52. The van der Waals surface area contributed by atoms with Crippen molar-refractivity contribution in [3.8, 4) is 0 Å². The molecule has 20 heavy (non-hydrogen) atoms. The highest BCUT2D eigenvalue weighted by atomic mass is 16.5. The number of aryl methyl sites for hydroxylation is 1. The molecule has 4 rings (SSSR count). The van der Waals surface area contributed by atoms with Crippen LogP contribution in [0, 0.1) is 11.3 Å². The third-order valence-electron chi connectivity index (χ3n) is 5.76. The molecule has 1 saturated heterocycles. The molecule has 110 valence electrons. The Morgan fingerprint density at radius 2 is 2.15 bits per heavy atom. The SMILES string of the molecule is CC1(C)C(NC2CCCc3occc32)C2CCCOC21. The third kappa shape index (κ3) is 1.79. The number of furan rings is 1. The van der Waals surface area contributed by atoms with Gasteiger partial charge in [0.25, 0.3) is 0 Å². The van der Waals surface area contributed by atoms with Crippen molar-refractivity contribution in [1.29, 1.82) is 0 Å². The number of hydrogen-bond acceptors (Lipinski definition) is 3. The molecule has 3 aliphatic rings. The third-order valence-corrected chi connectivity index (χ3v) is 5.76. The Bertz CT molecular complexity index is 493. The summed E-state index contributed by atoms with van der Waals surface area (Å²) in [5, 5.41) is 3.95. The van der Waals surface area contributed by atoms with Crippen LogP contribution in [0.15, 0.2) is 16.7 Å². The molecule has 0 radical (unpaired) electrons. The highest BCUT2D eigenvalue weighted by molar-refractivity contribution is 5.25. The van der Waals surface area contributed by atoms with E-state index in [0.29, 0.717) is 24.1 Å². The minimum absolute atomic E-state index is 0.256. The molecular weight excluding hydrogens is 250 g/mol. The smallest absolute Gasteiger partial charge is 0.108 e. The maximum atomic E-state index is 6.01. The summed E-state index contributed by atoms with van der Waals surface area (Å²) in [6.07, 6.45) is 8.41. The zero-order valence-electron chi connectivity index (χ0n) is 12.5. The van der Waals surface area contributed by atoms with Gasteiger partial charge in [-0.25, -0.2) is 0 Å². The fraction of sp³-hybridized carbons (Fsp3) is 0.765. The van der Waals surface area contributed by atoms with Crippen LogP contribution < -0.4 is 5.32 Å². The summed E-state index contributed by atoms with van der Waals surface area (Å²) in [5.41, 5.74) is 1.65. The van der Waals surface area contributed by atoms with Crippen LogP contribution >= 0.6 is 0 Å². The largest absolute Gasteiger partial charge is 0.469 e. The van der Waals surface area contributed by atoms with E-state index in [2.05, 4.69) is 25.2 Å². The molecule has 1 saturated carbocycles. The summed E-state index contributed by atoms with van der Waals surface area (Å²) in [6.45, 7) is 5.67. The van der Waals surface area contributed by atoms with E-state index in [1.54, 1.807) is 0 Å². The fourth-order valence-corrected chi connectivity index (χ4v) is 4.74. The van der Waals surface area contributed by atoms with E-state index in [9.17, 15) is 0 Å². The lowest BCUT2D eigenvalue weighted by Crippen LogP contribution is -2.69. The predicted molar refractivity (Wildman–Crippen MR) is 77.6 cm³/mol. The Kier molecular flexibility index (Phi) is 2.97. The van der Waals surface area contributed by atoms with Crippen LogP contribution in [0.1, 0.15) is 56.9 Å². The van der Waals surface area contributed by atoms with Gasteiger partial charge in [0.05, 0.1) is 12.4 Å². The second-order valence-corrected chi connectivity index (χ2v) is 7.31. The molecule has 1 aliphatic heterocycles. The quantitative estimate of drug-likeness (QED) is 0.897. The second kappa shape index (κ2) is 4.60. The predicted octanol–water partition coefficient (Wildman–Crippen LogP) is 3.45. The highest BCUT2D eigenvalue weighted by Gasteiger charge is 2.58. The first-order chi connectivity index (χ1) is 9.68. The number of nitrogens with one attached hydrogen (secondary N) is 1. The normalized spacial score (nSPS) is 38.7. The van der Waals surface area contributed by atoms with Crippen LogP contribution in [0.2, 0.25) is 0 Å². The zero-order chi connectivity index (χ0) is 13.7. The summed E-state index contributed by atoms with van der Waals surface area (Å²) < 4.78 is 11.6. The van der Waals surface area contributed by atoms with Gasteiger partial charge in [-0.15, -0.1) is 0 Å². The summed E-state index contributed by atoms with van der Waals surface area (Å²) in [4.78, 5) is 0.